The van der Waals surface area contributed by atoms with Gasteiger partial charge in [0.15, 0.2) is 0 Å². The van der Waals surface area contributed by atoms with Gasteiger partial charge in [0.1, 0.15) is 0 Å². The Morgan fingerprint density at radius 1 is 1.18 bits per heavy atom. The van der Waals surface area contributed by atoms with Crippen LogP contribution in [-0.2, 0) is 23.5 Å². The number of rotatable bonds is 3. The largest absolute Gasteiger partial charge is 0.387 e. The molecule has 0 aliphatic carbocycles. The van der Waals surface area contributed by atoms with Crippen LogP contribution in [0, 0.1) is 0 Å². The van der Waals surface area contributed by atoms with E-state index in [-0.39, 0.29) is 4.90 Å². The lowest BCUT2D eigenvalue weighted by atomic mass is 9.97. The van der Waals surface area contributed by atoms with Gasteiger partial charge in [-0.15, -0.1) is 0 Å². The molecule has 1 aromatic carbocycles. The van der Waals surface area contributed by atoms with Crippen LogP contribution in [0.2, 0.25) is 0 Å². The molecule has 0 unspecified atom stereocenters. The van der Waals surface area contributed by atoms with E-state index < -0.39 is 22.2 Å². The summed E-state index contributed by atoms with van der Waals surface area (Å²) in [6.07, 6.45) is 1.57. The van der Waals surface area contributed by atoms with E-state index >= 15 is 0 Å². The number of hydrogen-bond donors (Lipinski definition) is 1. The maximum atomic E-state index is 12.8. The molecule has 0 spiro atoms. The van der Waals surface area contributed by atoms with Crippen molar-refractivity contribution in [2.45, 2.75) is 30.4 Å². The second kappa shape index (κ2) is 5.53. The van der Waals surface area contributed by atoms with Crippen LogP contribution in [0.1, 0.15) is 24.3 Å². The van der Waals surface area contributed by atoms with Crippen LogP contribution in [0.4, 0.5) is 0 Å². The summed E-state index contributed by atoms with van der Waals surface area (Å²) in [5.74, 6) is 0. The van der Waals surface area contributed by atoms with E-state index in [1.54, 1.807) is 31.2 Å². The number of hydrogen-bond acceptors (Lipinski definition) is 3. The SMILES string of the molecule is CCN1[C@H](Cc2cccn2C)[C@H](O)c2ccccc2S1(=O)=O. The molecule has 118 valence electrons. The first-order valence-corrected chi connectivity index (χ1v) is 8.80. The first-order chi connectivity index (χ1) is 10.5. The van der Waals surface area contributed by atoms with Crippen molar-refractivity contribution in [2.75, 3.05) is 6.54 Å². The van der Waals surface area contributed by atoms with Crippen LogP contribution >= 0.6 is 0 Å². The summed E-state index contributed by atoms with van der Waals surface area (Å²) in [7, 11) is -1.65. The minimum Gasteiger partial charge on any atom is -0.387 e. The van der Waals surface area contributed by atoms with Gasteiger partial charge in [-0.1, -0.05) is 25.1 Å². The summed E-state index contributed by atoms with van der Waals surface area (Å²) in [6.45, 7) is 2.14. The number of likely N-dealkylation sites (N-methyl/N-ethyl adjacent to an activating group) is 1. The lowest BCUT2D eigenvalue weighted by Gasteiger charge is -2.38. The maximum absolute atomic E-state index is 12.8. The smallest absolute Gasteiger partial charge is 0.243 e. The zero-order chi connectivity index (χ0) is 15.9. The van der Waals surface area contributed by atoms with Crippen molar-refractivity contribution in [2.24, 2.45) is 7.05 Å². The number of sulfonamides is 1. The summed E-state index contributed by atoms with van der Waals surface area (Å²) >= 11 is 0. The molecular weight excluding hydrogens is 300 g/mol. The molecule has 1 aliphatic rings. The average molecular weight is 320 g/mol. The quantitative estimate of drug-likeness (QED) is 0.936. The molecule has 2 atom stereocenters. The summed E-state index contributed by atoms with van der Waals surface area (Å²) in [5.41, 5.74) is 1.49. The van der Waals surface area contributed by atoms with E-state index in [0.717, 1.165) is 5.69 Å². The van der Waals surface area contributed by atoms with Crippen LogP contribution < -0.4 is 0 Å². The monoisotopic (exact) mass is 320 g/mol. The Morgan fingerprint density at radius 2 is 1.91 bits per heavy atom. The number of aliphatic hydroxyl groups is 1. The van der Waals surface area contributed by atoms with Crippen molar-refractivity contribution < 1.29 is 13.5 Å². The standard InChI is InChI=1S/C16H20N2O3S/c1-3-18-14(11-12-7-6-10-17(12)2)16(19)13-8-4-5-9-15(13)22(18,20)21/h4-10,14,16,19H,3,11H2,1-2H3/t14-,16-/m1/s1. The molecule has 0 radical (unpaired) electrons. The van der Waals surface area contributed by atoms with Gasteiger partial charge in [-0.3, -0.25) is 0 Å². The average Bonchev–Trinajstić information content (AvgIpc) is 2.90. The Kier molecular flexibility index (Phi) is 3.84. The van der Waals surface area contributed by atoms with Crippen LogP contribution in [0.25, 0.3) is 0 Å². The Balaban J connectivity index is 2.09. The summed E-state index contributed by atoms with van der Waals surface area (Å²) in [4.78, 5) is 0.215. The number of fused-ring (bicyclic) bond motifs is 1. The van der Waals surface area contributed by atoms with Gasteiger partial charge >= 0.3 is 0 Å². The predicted octanol–water partition coefficient (Wildman–Crippen LogP) is 1.69. The van der Waals surface area contributed by atoms with Crippen LogP contribution in [0.3, 0.4) is 0 Å². The van der Waals surface area contributed by atoms with Gasteiger partial charge in [0.2, 0.25) is 10.0 Å². The third kappa shape index (κ3) is 2.27. The van der Waals surface area contributed by atoms with Crippen molar-refractivity contribution in [3.63, 3.8) is 0 Å². The summed E-state index contributed by atoms with van der Waals surface area (Å²) in [5, 5.41) is 10.7. The van der Waals surface area contributed by atoms with Crippen LogP contribution in [-0.4, -0.2) is 35.0 Å². The lowest BCUT2D eigenvalue weighted by molar-refractivity contribution is 0.0808. The molecule has 0 saturated carbocycles. The van der Waals surface area contributed by atoms with E-state index in [2.05, 4.69) is 0 Å². The van der Waals surface area contributed by atoms with E-state index in [4.69, 9.17) is 0 Å². The third-order valence-corrected chi connectivity index (χ3v) is 6.41. The van der Waals surface area contributed by atoms with Gasteiger partial charge < -0.3 is 9.67 Å². The normalized spacial score (nSPS) is 24.1. The zero-order valence-electron chi connectivity index (χ0n) is 12.7. The number of aliphatic hydroxyl groups excluding tert-OH is 1. The molecular formula is C16H20N2O3S. The molecule has 22 heavy (non-hydrogen) atoms. The lowest BCUT2D eigenvalue weighted by Crippen LogP contribution is -2.49. The third-order valence-electron chi connectivity index (χ3n) is 4.34. The van der Waals surface area contributed by atoms with Crippen molar-refractivity contribution in [3.05, 3.63) is 53.9 Å². The Hall–Kier alpha value is -1.63. The number of aryl methyl sites for hydroxylation is 1. The molecule has 6 heteroatoms. The van der Waals surface area contributed by atoms with Gasteiger partial charge in [-0.2, -0.15) is 4.31 Å². The van der Waals surface area contributed by atoms with Gasteiger partial charge in [0.25, 0.3) is 0 Å². The first-order valence-electron chi connectivity index (χ1n) is 7.36. The highest BCUT2D eigenvalue weighted by Crippen LogP contribution is 2.37. The Labute approximate surface area is 130 Å². The van der Waals surface area contributed by atoms with Crippen molar-refractivity contribution in [1.82, 2.24) is 8.87 Å². The predicted molar refractivity (Wildman–Crippen MR) is 83.9 cm³/mol. The van der Waals surface area contributed by atoms with Gasteiger partial charge in [-0.25, -0.2) is 8.42 Å². The van der Waals surface area contributed by atoms with Gasteiger partial charge in [-0.05, 0) is 18.2 Å². The Bertz CT molecular complexity index is 782. The fourth-order valence-corrected chi connectivity index (χ4v) is 5.05. The molecule has 0 bridgehead atoms. The first kappa shape index (κ1) is 15.3. The van der Waals surface area contributed by atoms with Crippen molar-refractivity contribution >= 4 is 10.0 Å². The molecule has 5 nitrogen and oxygen atoms in total. The summed E-state index contributed by atoms with van der Waals surface area (Å²) < 4.78 is 29.0. The molecule has 0 fully saturated rings. The molecule has 1 aliphatic heterocycles. The Morgan fingerprint density at radius 3 is 2.55 bits per heavy atom. The molecule has 0 amide bonds. The number of benzene rings is 1. The van der Waals surface area contributed by atoms with Gasteiger partial charge in [0, 0.05) is 37.5 Å². The fourth-order valence-electron chi connectivity index (χ4n) is 3.17. The molecule has 3 rings (SSSR count). The van der Waals surface area contributed by atoms with Crippen molar-refractivity contribution in [1.29, 1.82) is 0 Å². The molecule has 1 aromatic heterocycles. The van der Waals surface area contributed by atoms with Crippen molar-refractivity contribution in [3.8, 4) is 0 Å². The summed E-state index contributed by atoms with van der Waals surface area (Å²) in [6, 6.07) is 10.1. The van der Waals surface area contributed by atoms with E-state index in [0.29, 0.717) is 18.5 Å². The second-order valence-corrected chi connectivity index (χ2v) is 7.43. The van der Waals surface area contributed by atoms with E-state index in [1.165, 1.54) is 4.31 Å². The zero-order valence-corrected chi connectivity index (χ0v) is 13.5. The number of nitrogens with zero attached hydrogens (tertiary/aromatic N) is 2. The van der Waals surface area contributed by atoms with Gasteiger partial charge in [0.05, 0.1) is 17.0 Å². The van der Waals surface area contributed by atoms with Crippen LogP contribution in [0.15, 0.2) is 47.5 Å². The molecule has 2 heterocycles. The highest BCUT2D eigenvalue weighted by Gasteiger charge is 2.42. The highest BCUT2D eigenvalue weighted by atomic mass is 32.2. The number of aromatic nitrogens is 1. The molecule has 2 aromatic rings. The minimum atomic E-state index is -3.57. The fraction of sp³-hybridized carbons (Fsp3) is 0.375. The highest BCUT2D eigenvalue weighted by molar-refractivity contribution is 7.89. The maximum Gasteiger partial charge on any atom is 0.243 e. The molecule has 0 saturated heterocycles. The van der Waals surface area contributed by atoms with E-state index in [1.807, 2.05) is 29.9 Å². The minimum absolute atomic E-state index is 0.215. The topological polar surface area (TPSA) is 62.5 Å². The van der Waals surface area contributed by atoms with Crippen LogP contribution in [0.5, 0.6) is 0 Å². The van der Waals surface area contributed by atoms with E-state index in [9.17, 15) is 13.5 Å². The second-order valence-electron chi connectivity index (χ2n) is 5.57. The molecule has 1 N–H and O–H groups in total.